The number of hydrogen-bond acceptors (Lipinski definition) is 11. The predicted molar refractivity (Wildman–Crippen MR) is 114 cm³/mol. The summed E-state index contributed by atoms with van der Waals surface area (Å²) >= 11 is 4.86. The Kier molecular flexibility index (Phi) is 24.8. The molecule has 1 heterocycles. The van der Waals surface area contributed by atoms with Crippen LogP contribution in [0.4, 0.5) is 0 Å². The molecule has 0 aromatic rings. The van der Waals surface area contributed by atoms with E-state index in [9.17, 15) is 8.42 Å². The summed E-state index contributed by atoms with van der Waals surface area (Å²) in [6, 6.07) is 0. The van der Waals surface area contributed by atoms with Crippen LogP contribution in [-0.2, 0) is 63.3 Å². The van der Waals surface area contributed by atoms with Gasteiger partial charge in [0.2, 0.25) is 0 Å². The maximum absolute atomic E-state index is 11.0. The van der Waals surface area contributed by atoms with Crippen molar-refractivity contribution in [3.8, 4) is 0 Å². The number of ether oxygens (including phenoxy) is 6. The van der Waals surface area contributed by atoms with Crippen molar-refractivity contribution in [2.24, 2.45) is 0 Å². The van der Waals surface area contributed by atoms with E-state index in [1.165, 1.54) is 7.11 Å². The van der Waals surface area contributed by atoms with Crippen LogP contribution in [0.2, 0.25) is 0 Å². The van der Waals surface area contributed by atoms with E-state index in [-0.39, 0.29) is 38.2 Å². The van der Waals surface area contributed by atoms with Crippen LogP contribution in [0.5, 0.6) is 0 Å². The molecule has 11 nitrogen and oxygen atoms in total. The average Bonchev–Trinajstić information content (AvgIpc) is 2.74. The van der Waals surface area contributed by atoms with Gasteiger partial charge in [0.1, 0.15) is 6.61 Å². The van der Waals surface area contributed by atoms with Crippen molar-refractivity contribution < 1.29 is 67.1 Å². The summed E-state index contributed by atoms with van der Waals surface area (Å²) in [5, 5.41) is 8.39. The Bertz CT molecular complexity index is 483. The smallest absolute Gasteiger partial charge is 0.259 e. The van der Waals surface area contributed by atoms with E-state index in [2.05, 4.69) is 4.89 Å². The van der Waals surface area contributed by atoms with Gasteiger partial charge in [-0.1, -0.05) is 0 Å². The first-order chi connectivity index (χ1) is 14.5. The minimum absolute atomic E-state index is 0. The van der Waals surface area contributed by atoms with Crippen molar-refractivity contribution >= 4 is 27.2 Å². The second-order valence-electron chi connectivity index (χ2n) is 5.88. The molecule has 0 aliphatic carbocycles. The zero-order valence-electron chi connectivity index (χ0n) is 18.1. The second kappa shape index (κ2) is 23.2. The Morgan fingerprint density at radius 1 is 0.806 bits per heavy atom. The fourth-order valence-corrected chi connectivity index (χ4v) is 3.41. The number of sulfone groups is 1. The van der Waals surface area contributed by atoms with Crippen LogP contribution in [0.1, 0.15) is 0 Å². The van der Waals surface area contributed by atoms with Gasteiger partial charge in [-0.05, 0) is 12.2 Å². The monoisotopic (exact) mass is 670 g/mol. The van der Waals surface area contributed by atoms with Gasteiger partial charge in [0, 0.05) is 40.3 Å². The standard InChI is InChI=1S/C11H24O7.C6H11NO3S2.Ir/c1-13-2-3-14-4-5-15-6-7-16-8-9-17-10-11-18-12;1-10-6(11)7-2-4-12(8,9)5-3-7;/h12H,2-11H2,1H3;2-5H2,1H3;. The molecule has 1 rings (SSSR count). The van der Waals surface area contributed by atoms with Crippen LogP contribution in [0, 0.1) is 0 Å². The molecule has 1 fully saturated rings. The molecule has 0 aromatic carbocycles. The molecule has 0 unspecified atom stereocenters. The van der Waals surface area contributed by atoms with Crippen molar-refractivity contribution in [1.29, 1.82) is 0 Å². The Morgan fingerprint density at radius 3 is 1.55 bits per heavy atom. The fourth-order valence-electron chi connectivity index (χ4n) is 2.02. The molecule has 0 aromatic heterocycles. The Hall–Kier alpha value is 0.00935. The predicted octanol–water partition coefficient (Wildman–Crippen LogP) is -0.166. The van der Waals surface area contributed by atoms with Gasteiger partial charge in [0.15, 0.2) is 9.84 Å². The molecule has 1 saturated heterocycles. The van der Waals surface area contributed by atoms with E-state index in [1.807, 2.05) is 0 Å². The molecule has 14 heteroatoms. The maximum atomic E-state index is 11.0. The topological polar surface area (TPSA) is 122 Å². The van der Waals surface area contributed by atoms with Crippen LogP contribution in [0.25, 0.3) is 0 Å². The van der Waals surface area contributed by atoms with Crippen molar-refractivity contribution in [3.05, 3.63) is 0 Å². The first-order valence-electron chi connectivity index (χ1n) is 9.56. The average molecular weight is 670 g/mol. The van der Waals surface area contributed by atoms with E-state index >= 15 is 0 Å². The van der Waals surface area contributed by atoms with Crippen LogP contribution >= 0.6 is 12.2 Å². The van der Waals surface area contributed by atoms with E-state index in [0.717, 1.165) is 0 Å². The van der Waals surface area contributed by atoms with Crippen LogP contribution in [0.3, 0.4) is 0 Å². The zero-order chi connectivity index (χ0) is 22.5. The SMILES string of the molecule is COC(=S)N1CCS(=O)(=O)CC1.COCCOCCOCCOCCOCCOO.[Ir]. The van der Waals surface area contributed by atoms with Gasteiger partial charge in [0.25, 0.3) is 5.17 Å². The molecule has 189 valence electrons. The first-order valence-corrected chi connectivity index (χ1v) is 11.8. The Morgan fingerprint density at radius 2 is 1.19 bits per heavy atom. The van der Waals surface area contributed by atoms with E-state index in [1.54, 1.807) is 12.0 Å². The Balaban J connectivity index is 0. The van der Waals surface area contributed by atoms with Crippen molar-refractivity contribution in [3.63, 3.8) is 0 Å². The molecular formula is C17H35IrNO10S2. The molecule has 1 aliphatic heterocycles. The van der Waals surface area contributed by atoms with Crippen molar-refractivity contribution in [2.45, 2.75) is 0 Å². The largest absolute Gasteiger partial charge is 0.474 e. The van der Waals surface area contributed by atoms with Crippen molar-refractivity contribution in [2.75, 3.05) is 105 Å². The van der Waals surface area contributed by atoms with E-state index < -0.39 is 9.84 Å². The zero-order valence-corrected chi connectivity index (χ0v) is 22.1. The summed E-state index contributed by atoms with van der Waals surface area (Å²) < 4.78 is 52.4. The van der Waals surface area contributed by atoms with Gasteiger partial charge in [-0.3, -0.25) is 5.26 Å². The summed E-state index contributed by atoms with van der Waals surface area (Å²) in [7, 11) is 0.314. The van der Waals surface area contributed by atoms with E-state index in [0.29, 0.717) is 77.7 Å². The summed E-state index contributed by atoms with van der Waals surface area (Å²) in [6.45, 7) is 5.78. The minimum Gasteiger partial charge on any atom is -0.474 e. The molecular weight excluding hydrogens is 635 g/mol. The molecule has 31 heavy (non-hydrogen) atoms. The van der Waals surface area contributed by atoms with Crippen LogP contribution in [0.15, 0.2) is 0 Å². The van der Waals surface area contributed by atoms with Crippen LogP contribution in [-0.4, -0.2) is 129 Å². The molecule has 0 atom stereocenters. The minimum atomic E-state index is -2.81. The third-order valence-corrected chi connectivity index (χ3v) is 5.68. The normalized spacial score (nSPS) is 14.9. The number of thiocarbonyl (C=S) groups is 1. The molecule has 0 saturated carbocycles. The third kappa shape index (κ3) is 21.6. The van der Waals surface area contributed by atoms with Gasteiger partial charge in [0.05, 0.1) is 78.1 Å². The number of hydrogen-bond donors (Lipinski definition) is 1. The van der Waals surface area contributed by atoms with Gasteiger partial charge < -0.3 is 33.3 Å². The van der Waals surface area contributed by atoms with E-state index in [4.69, 9.17) is 45.9 Å². The van der Waals surface area contributed by atoms with Crippen molar-refractivity contribution in [1.82, 2.24) is 4.90 Å². The molecule has 0 bridgehead atoms. The van der Waals surface area contributed by atoms with Gasteiger partial charge in [-0.15, -0.1) is 0 Å². The molecule has 0 spiro atoms. The third-order valence-electron chi connectivity index (χ3n) is 3.64. The first kappa shape index (κ1) is 33.2. The molecule has 1 radical (unpaired) electrons. The molecule has 1 N–H and O–H groups in total. The number of methoxy groups -OCH3 is 2. The van der Waals surface area contributed by atoms with Gasteiger partial charge in [-0.2, -0.15) is 0 Å². The molecule has 1 aliphatic rings. The quantitative estimate of drug-likeness (QED) is 0.108. The Labute approximate surface area is 203 Å². The number of rotatable bonds is 15. The summed E-state index contributed by atoms with van der Waals surface area (Å²) in [5.41, 5.74) is 0. The molecule has 0 amide bonds. The van der Waals surface area contributed by atoms with Gasteiger partial charge in [-0.25, -0.2) is 13.3 Å². The second-order valence-corrected chi connectivity index (χ2v) is 8.54. The fraction of sp³-hybridized carbons (Fsp3) is 0.941. The number of nitrogens with zero attached hydrogens (tertiary/aromatic N) is 1. The maximum Gasteiger partial charge on any atom is 0.259 e. The summed E-state index contributed by atoms with van der Waals surface area (Å²) in [5.74, 6) is 0.354. The van der Waals surface area contributed by atoms with Gasteiger partial charge >= 0.3 is 0 Å². The summed E-state index contributed by atoms with van der Waals surface area (Å²) in [6.07, 6.45) is 0. The summed E-state index contributed by atoms with van der Waals surface area (Å²) in [4.78, 5) is 5.60. The van der Waals surface area contributed by atoms with Crippen LogP contribution < -0.4 is 0 Å².